The van der Waals surface area contributed by atoms with Gasteiger partial charge in [-0.2, -0.15) is 0 Å². The Hall–Kier alpha value is -2.67. The molecule has 0 aliphatic carbocycles. The van der Waals surface area contributed by atoms with Crippen molar-refractivity contribution in [1.29, 1.82) is 0 Å². The van der Waals surface area contributed by atoms with Gasteiger partial charge in [-0.15, -0.1) is 11.3 Å². The van der Waals surface area contributed by atoms with Gasteiger partial charge in [0.1, 0.15) is 0 Å². The van der Waals surface area contributed by atoms with Gasteiger partial charge in [0.15, 0.2) is 0 Å². The van der Waals surface area contributed by atoms with Crippen molar-refractivity contribution < 1.29 is 19.1 Å². The third-order valence-corrected chi connectivity index (χ3v) is 4.59. The molecule has 0 saturated heterocycles. The Balaban J connectivity index is 1.71. The van der Waals surface area contributed by atoms with Gasteiger partial charge in [0, 0.05) is 24.2 Å². The summed E-state index contributed by atoms with van der Waals surface area (Å²) in [5.74, 6) is -0.529. The van der Waals surface area contributed by atoms with E-state index in [1.165, 1.54) is 18.4 Å². The molecule has 2 aromatic rings. The van der Waals surface area contributed by atoms with E-state index in [0.29, 0.717) is 29.1 Å². The number of hydrogen-bond acceptors (Lipinski definition) is 5. The molecule has 138 valence electrons. The molecule has 0 unspecified atom stereocenters. The van der Waals surface area contributed by atoms with E-state index in [1.807, 2.05) is 11.4 Å². The van der Waals surface area contributed by atoms with Crippen LogP contribution in [0.3, 0.4) is 0 Å². The number of hydrogen-bond donors (Lipinski definition) is 2. The molecule has 2 N–H and O–H groups in total. The van der Waals surface area contributed by atoms with Gasteiger partial charge in [-0.3, -0.25) is 14.4 Å². The number of ether oxygens (including phenoxy) is 1. The average Bonchev–Trinajstić information content (AvgIpc) is 3.19. The quantitative estimate of drug-likeness (QED) is 0.520. The standard InChI is InChI=1S/C19H22N2O4S/c1-25-17(22)7-3-2-4-12-20-18(23)14-8-10-15(11-9-14)21-19(24)16-6-5-13-26-16/h5-6,8-11,13H,2-4,7,12H2,1H3,(H,20,23)(H,21,24). The molecule has 1 aromatic heterocycles. The monoisotopic (exact) mass is 374 g/mol. The zero-order chi connectivity index (χ0) is 18.8. The summed E-state index contributed by atoms with van der Waals surface area (Å²) >= 11 is 1.37. The Labute approximate surface area is 156 Å². The Bertz CT molecular complexity index is 727. The number of carbonyl (C=O) groups excluding carboxylic acids is 3. The number of thiophene rings is 1. The summed E-state index contributed by atoms with van der Waals surface area (Å²) in [6.07, 6.45) is 2.81. The molecule has 1 heterocycles. The van der Waals surface area contributed by atoms with Gasteiger partial charge in [-0.1, -0.05) is 12.5 Å². The summed E-state index contributed by atoms with van der Waals surface area (Å²) in [5, 5.41) is 7.48. The number of unbranched alkanes of at least 4 members (excludes halogenated alkanes) is 2. The lowest BCUT2D eigenvalue weighted by Crippen LogP contribution is -2.24. The summed E-state index contributed by atoms with van der Waals surface area (Å²) in [7, 11) is 1.38. The molecule has 2 amide bonds. The summed E-state index contributed by atoms with van der Waals surface area (Å²) < 4.78 is 4.57. The second-order valence-electron chi connectivity index (χ2n) is 5.65. The first-order chi connectivity index (χ1) is 12.6. The zero-order valence-electron chi connectivity index (χ0n) is 14.6. The summed E-state index contributed by atoms with van der Waals surface area (Å²) in [6, 6.07) is 10.3. The molecule has 0 saturated carbocycles. The average molecular weight is 374 g/mol. The first-order valence-electron chi connectivity index (χ1n) is 8.40. The van der Waals surface area contributed by atoms with Crippen molar-refractivity contribution in [1.82, 2.24) is 5.32 Å². The minimum atomic E-state index is -0.208. The summed E-state index contributed by atoms with van der Waals surface area (Å²) in [5.41, 5.74) is 1.18. The first-order valence-corrected chi connectivity index (χ1v) is 9.28. The van der Waals surface area contributed by atoms with E-state index in [1.54, 1.807) is 30.3 Å². The molecule has 0 spiro atoms. The van der Waals surface area contributed by atoms with Crippen LogP contribution in [0.1, 0.15) is 45.7 Å². The largest absolute Gasteiger partial charge is 0.469 e. The fourth-order valence-corrected chi connectivity index (χ4v) is 2.90. The minimum Gasteiger partial charge on any atom is -0.469 e. The number of benzene rings is 1. The highest BCUT2D eigenvalue weighted by atomic mass is 32.1. The van der Waals surface area contributed by atoms with Crippen molar-refractivity contribution in [2.75, 3.05) is 19.0 Å². The normalized spacial score (nSPS) is 10.2. The molecular formula is C19H22N2O4S. The second kappa shape index (κ2) is 10.4. The minimum absolute atomic E-state index is 0.158. The molecule has 0 radical (unpaired) electrons. The molecule has 6 nitrogen and oxygen atoms in total. The maximum Gasteiger partial charge on any atom is 0.305 e. The highest BCUT2D eigenvalue weighted by Gasteiger charge is 2.08. The second-order valence-corrected chi connectivity index (χ2v) is 6.60. The van der Waals surface area contributed by atoms with Crippen LogP contribution in [0, 0.1) is 0 Å². The van der Waals surface area contributed by atoms with E-state index in [-0.39, 0.29) is 17.8 Å². The van der Waals surface area contributed by atoms with Crippen LogP contribution in [-0.4, -0.2) is 31.4 Å². The molecule has 1 aromatic carbocycles. The van der Waals surface area contributed by atoms with Crippen LogP contribution in [0.5, 0.6) is 0 Å². The predicted octanol–water partition coefficient (Wildman–Crippen LogP) is 3.46. The highest BCUT2D eigenvalue weighted by Crippen LogP contribution is 2.14. The van der Waals surface area contributed by atoms with Crippen LogP contribution in [0.15, 0.2) is 41.8 Å². The van der Waals surface area contributed by atoms with Gasteiger partial charge in [-0.05, 0) is 48.6 Å². The number of anilines is 1. The lowest BCUT2D eigenvalue weighted by atomic mass is 10.1. The van der Waals surface area contributed by atoms with Crippen LogP contribution < -0.4 is 10.6 Å². The van der Waals surface area contributed by atoms with E-state index in [4.69, 9.17) is 0 Å². The Kier molecular flexibility index (Phi) is 7.82. The number of methoxy groups -OCH3 is 1. The molecule has 7 heteroatoms. The van der Waals surface area contributed by atoms with Gasteiger partial charge in [-0.25, -0.2) is 0 Å². The molecule has 0 atom stereocenters. The molecule has 0 bridgehead atoms. The lowest BCUT2D eigenvalue weighted by Gasteiger charge is -2.07. The molecule has 26 heavy (non-hydrogen) atoms. The SMILES string of the molecule is COC(=O)CCCCCNC(=O)c1ccc(NC(=O)c2cccs2)cc1. The van der Waals surface area contributed by atoms with Crippen molar-refractivity contribution in [3.05, 3.63) is 52.2 Å². The van der Waals surface area contributed by atoms with Crippen molar-refractivity contribution >= 4 is 34.8 Å². The molecule has 0 aliphatic rings. The van der Waals surface area contributed by atoms with Gasteiger partial charge in [0.2, 0.25) is 0 Å². The topological polar surface area (TPSA) is 84.5 Å². The summed E-state index contributed by atoms with van der Waals surface area (Å²) in [4.78, 5) is 35.7. The molecule has 2 rings (SSSR count). The fourth-order valence-electron chi connectivity index (χ4n) is 2.28. The van der Waals surface area contributed by atoms with Crippen LogP contribution in [0.4, 0.5) is 5.69 Å². The van der Waals surface area contributed by atoms with Crippen molar-refractivity contribution in [2.45, 2.75) is 25.7 Å². The molecule has 0 aliphatic heterocycles. The van der Waals surface area contributed by atoms with Crippen molar-refractivity contribution in [3.8, 4) is 0 Å². The van der Waals surface area contributed by atoms with Crippen LogP contribution >= 0.6 is 11.3 Å². The van der Waals surface area contributed by atoms with Crippen LogP contribution in [0.25, 0.3) is 0 Å². The summed E-state index contributed by atoms with van der Waals surface area (Å²) in [6.45, 7) is 0.552. The van der Waals surface area contributed by atoms with Gasteiger partial charge >= 0.3 is 5.97 Å². The number of esters is 1. The maximum absolute atomic E-state index is 12.1. The molecule has 0 fully saturated rings. The van der Waals surface area contributed by atoms with Crippen molar-refractivity contribution in [2.24, 2.45) is 0 Å². The van der Waals surface area contributed by atoms with E-state index >= 15 is 0 Å². The van der Waals surface area contributed by atoms with E-state index in [2.05, 4.69) is 15.4 Å². The number of nitrogens with one attached hydrogen (secondary N) is 2. The number of carbonyl (C=O) groups is 3. The lowest BCUT2D eigenvalue weighted by molar-refractivity contribution is -0.140. The number of amides is 2. The first kappa shape index (κ1) is 19.7. The smallest absolute Gasteiger partial charge is 0.305 e. The number of rotatable bonds is 9. The van der Waals surface area contributed by atoms with Gasteiger partial charge in [0.05, 0.1) is 12.0 Å². The Morgan fingerprint density at radius 3 is 2.42 bits per heavy atom. The maximum atomic E-state index is 12.1. The van der Waals surface area contributed by atoms with E-state index in [9.17, 15) is 14.4 Å². The van der Waals surface area contributed by atoms with Crippen LogP contribution in [-0.2, 0) is 9.53 Å². The van der Waals surface area contributed by atoms with Crippen LogP contribution in [0.2, 0.25) is 0 Å². The third kappa shape index (κ3) is 6.33. The predicted molar refractivity (Wildman–Crippen MR) is 102 cm³/mol. The zero-order valence-corrected chi connectivity index (χ0v) is 15.4. The highest BCUT2D eigenvalue weighted by molar-refractivity contribution is 7.12. The molecular weight excluding hydrogens is 352 g/mol. The van der Waals surface area contributed by atoms with E-state index in [0.717, 1.165) is 19.3 Å². The Morgan fingerprint density at radius 2 is 1.77 bits per heavy atom. The van der Waals surface area contributed by atoms with Gasteiger partial charge in [0.25, 0.3) is 11.8 Å². The van der Waals surface area contributed by atoms with Gasteiger partial charge < -0.3 is 15.4 Å². The Morgan fingerprint density at radius 1 is 1.00 bits per heavy atom. The third-order valence-electron chi connectivity index (χ3n) is 3.72. The van der Waals surface area contributed by atoms with Crippen molar-refractivity contribution in [3.63, 3.8) is 0 Å². The fraction of sp³-hybridized carbons (Fsp3) is 0.316. The van der Waals surface area contributed by atoms with E-state index < -0.39 is 0 Å².